The molecule has 1 aliphatic heterocycles. The van der Waals surface area contributed by atoms with E-state index in [1.54, 1.807) is 4.90 Å². The van der Waals surface area contributed by atoms with Crippen LogP contribution in [-0.4, -0.2) is 29.3 Å². The molecule has 0 unspecified atom stereocenters. The number of H-pyrrole nitrogens is 1. The SMILES string of the molecule is Cc1n[nH]c(C)c1C(=O)N1CCCOc2ccccc21. The molecule has 5 heteroatoms. The third-order valence-electron chi connectivity index (χ3n) is 3.53. The van der Waals surface area contributed by atoms with E-state index in [4.69, 9.17) is 4.74 Å². The molecule has 1 amide bonds. The number of carbonyl (C=O) groups excluding carboxylic acids is 1. The first-order chi connectivity index (χ1) is 9.68. The summed E-state index contributed by atoms with van der Waals surface area (Å²) < 4.78 is 5.69. The van der Waals surface area contributed by atoms with E-state index in [2.05, 4.69) is 10.2 Å². The molecule has 1 aliphatic rings. The van der Waals surface area contributed by atoms with Crippen LogP contribution in [0.5, 0.6) is 5.75 Å². The van der Waals surface area contributed by atoms with Gasteiger partial charge in [0.15, 0.2) is 0 Å². The zero-order valence-electron chi connectivity index (χ0n) is 11.6. The summed E-state index contributed by atoms with van der Waals surface area (Å²) in [5.74, 6) is 0.740. The van der Waals surface area contributed by atoms with Crippen molar-refractivity contribution in [1.29, 1.82) is 0 Å². The van der Waals surface area contributed by atoms with Crippen LogP contribution in [0.15, 0.2) is 24.3 Å². The summed E-state index contributed by atoms with van der Waals surface area (Å²) in [5, 5.41) is 6.98. The highest BCUT2D eigenvalue weighted by Gasteiger charge is 2.26. The molecule has 3 rings (SSSR count). The highest BCUT2D eigenvalue weighted by molar-refractivity contribution is 6.08. The van der Waals surface area contributed by atoms with Crippen molar-refractivity contribution in [2.75, 3.05) is 18.1 Å². The van der Waals surface area contributed by atoms with Crippen LogP contribution in [0.4, 0.5) is 5.69 Å². The largest absolute Gasteiger partial charge is 0.491 e. The van der Waals surface area contributed by atoms with Gasteiger partial charge in [-0.1, -0.05) is 12.1 Å². The molecule has 0 spiro atoms. The summed E-state index contributed by atoms with van der Waals surface area (Å²) in [6, 6.07) is 7.66. The van der Waals surface area contributed by atoms with Gasteiger partial charge in [0.2, 0.25) is 0 Å². The molecule has 0 radical (unpaired) electrons. The van der Waals surface area contributed by atoms with Crippen LogP contribution < -0.4 is 9.64 Å². The molecule has 20 heavy (non-hydrogen) atoms. The molecule has 1 aromatic heterocycles. The number of anilines is 1. The number of aromatic nitrogens is 2. The summed E-state index contributed by atoms with van der Waals surface area (Å²) in [5.41, 5.74) is 3.02. The van der Waals surface area contributed by atoms with Gasteiger partial charge in [-0.25, -0.2) is 0 Å². The van der Waals surface area contributed by atoms with Gasteiger partial charge < -0.3 is 9.64 Å². The lowest BCUT2D eigenvalue weighted by Crippen LogP contribution is -2.32. The summed E-state index contributed by atoms with van der Waals surface area (Å²) >= 11 is 0. The number of carbonyl (C=O) groups is 1. The average molecular weight is 271 g/mol. The quantitative estimate of drug-likeness (QED) is 0.866. The van der Waals surface area contributed by atoms with Crippen LogP contribution >= 0.6 is 0 Å². The minimum absolute atomic E-state index is 0.0216. The van der Waals surface area contributed by atoms with Gasteiger partial charge in [-0.05, 0) is 32.4 Å². The maximum atomic E-state index is 12.8. The van der Waals surface area contributed by atoms with Crippen LogP contribution in [0, 0.1) is 13.8 Å². The number of hydrogen-bond donors (Lipinski definition) is 1. The zero-order valence-corrected chi connectivity index (χ0v) is 11.6. The van der Waals surface area contributed by atoms with Gasteiger partial charge in [-0.2, -0.15) is 5.10 Å². The third-order valence-corrected chi connectivity index (χ3v) is 3.53. The van der Waals surface area contributed by atoms with E-state index >= 15 is 0 Å². The minimum atomic E-state index is -0.0216. The molecule has 0 saturated heterocycles. The van der Waals surface area contributed by atoms with E-state index in [1.807, 2.05) is 38.1 Å². The van der Waals surface area contributed by atoms with Crippen LogP contribution in [0.3, 0.4) is 0 Å². The van der Waals surface area contributed by atoms with Crippen molar-refractivity contribution in [2.45, 2.75) is 20.3 Å². The van der Waals surface area contributed by atoms with Crippen molar-refractivity contribution in [2.24, 2.45) is 0 Å². The zero-order chi connectivity index (χ0) is 14.1. The highest BCUT2D eigenvalue weighted by atomic mass is 16.5. The molecular formula is C15H17N3O2. The lowest BCUT2D eigenvalue weighted by atomic mass is 10.1. The van der Waals surface area contributed by atoms with Crippen molar-refractivity contribution in [3.05, 3.63) is 41.2 Å². The van der Waals surface area contributed by atoms with E-state index < -0.39 is 0 Å². The number of aryl methyl sites for hydroxylation is 2. The number of aromatic amines is 1. The Morgan fingerprint density at radius 2 is 2.15 bits per heavy atom. The topological polar surface area (TPSA) is 58.2 Å². The van der Waals surface area contributed by atoms with Crippen molar-refractivity contribution < 1.29 is 9.53 Å². The van der Waals surface area contributed by atoms with Gasteiger partial charge in [-0.3, -0.25) is 9.89 Å². The summed E-state index contributed by atoms with van der Waals surface area (Å²) in [7, 11) is 0. The van der Waals surface area contributed by atoms with E-state index in [9.17, 15) is 4.79 Å². The Balaban J connectivity index is 2.04. The molecule has 0 aliphatic carbocycles. The Morgan fingerprint density at radius 3 is 2.90 bits per heavy atom. The van der Waals surface area contributed by atoms with E-state index in [0.29, 0.717) is 18.7 Å². The van der Waals surface area contributed by atoms with Gasteiger partial charge >= 0.3 is 0 Å². The smallest absolute Gasteiger partial charge is 0.262 e. The lowest BCUT2D eigenvalue weighted by molar-refractivity contribution is 0.0986. The van der Waals surface area contributed by atoms with Crippen molar-refractivity contribution in [3.63, 3.8) is 0 Å². The number of benzene rings is 1. The standard InChI is InChI=1S/C15H17N3O2/c1-10-14(11(2)17-16-10)15(19)18-8-5-9-20-13-7-4-3-6-12(13)18/h3-4,6-7H,5,8-9H2,1-2H3,(H,16,17). The number of nitrogens with one attached hydrogen (secondary N) is 1. The van der Waals surface area contributed by atoms with Crippen molar-refractivity contribution in [1.82, 2.24) is 10.2 Å². The number of rotatable bonds is 1. The number of para-hydroxylation sites is 2. The fourth-order valence-electron chi connectivity index (χ4n) is 2.54. The second-order valence-corrected chi connectivity index (χ2v) is 4.94. The average Bonchev–Trinajstić information content (AvgIpc) is 2.67. The molecule has 2 aromatic rings. The second-order valence-electron chi connectivity index (χ2n) is 4.94. The monoisotopic (exact) mass is 271 g/mol. The third kappa shape index (κ3) is 2.05. The van der Waals surface area contributed by atoms with Gasteiger partial charge in [-0.15, -0.1) is 0 Å². The number of hydrogen-bond acceptors (Lipinski definition) is 3. The Hall–Kier alpha value is -2.30. The molecule has 0 atom stereocenters. The first kappa shape index (κ1) is 12.7. The summed E-state index contributed by atoms with van der Waals surface area (Å²) in [4.78, 5) is 14.6. The molecular weight excluding hydrogens is 254 g/mol. The normalized spacial score (nSPS) is 14.4. The Kier molecular flexibility index (Phi) is 3.18. The predicted molar refractivity (Wildman–Crippen MR) is 76.3 cm³/mol. The first-order valence-electron chi connectivity index (χ1n) is 6.73. The Bertz CT molecular complexity index is 629. The Labute approximate surface area is 117 Å². The van der Waals surface area contributed by atoms with E-state index in [-0.39, 0.29) is 5.91 Å². The molecule has 104 valence electrons. The van der Waals surface area contributed by atoms with Crippen LogP contribution in [0.2, 0.25) is 0 Å². The van der Waals surface area contributed by atoms with E-state index in [1.165, 1.54) is 0 Å². The molecule has 5 nitrogen and oxygen atoms in total. The van der Waals surface area contributed by atoms with Crippen LogP contribution in [0.1, 0.15) is 28.2 Å². The number of ether oxygens (including phenoxy) is 1. The van der Waals surface area contributed by atoms with Crippen molar-refractivity contribution in [3.8, 4) is 5.75 Å². The fourth-order valence-corrected chi connectivity index (χ4v) is 2.54. The predicted octanol–water partition coefficient (Wildman–Crippen LogP) is 2.46. The summed E-state index contributed by atoms with van der Waals surface area (Å²) in [6.07, 6.45) is 0.816. The van der Waals surface area contributed by atoms with Crippen LogP contribution in [0.25, 0.3) is 0 Å². The van der Waals surface area contributed by atoms with Gasteiger partial charge in [0.25, 0.3) is 5.91 Å². The van der Waals surface area contributed by atoms with Gasteiger partial charge in [0.1, 0.15) is 5.75 Å². The van der Waals surface area contributed by atoms with Gasteiger partial charge in [0, 0.05) is 12.2 Å². The molecule has 0 bridgehead atoms. The van der Waals surface area contributed by atoms with E-state index in [0.717, 1.165) is 29.2 Å². The first-order valence-corrected chi connectivity index (χ1v) is 6.73. The number of fused-ring (bicyclic) bond motifs is 1. The molecule has 2 heterocycles. The van der Waals surface area contributed by atoms with Crippen molar-refractivity contribution >= 4 is 11.6 Å². The molecule has 1 aromatic carbocycles. The Morgan fingerprint density at radius 1 is 1.35 bits per heavy atom. The number of amides is 1. The lowest BCUT2D eigenvalue weighted by Gasteiger charge is -2.21. The number of nitrogens with zero attached hydrogens (tertiary/aromatic N) is 2. The second kappa shape index (κ2) is 5.00. The fraction of sp³-hybridized carbons (Fsp3) is 0.333. The maximum absolute atomic E-state index is 12.8. The highest BCUT2D eigenvalue weighted by Crippen LogP contribution is 2.32. The molecule has 0 saturated carbocycles. The minimum Gasteiger partial charge on any atom is -0.491 e. The van der Waals surface area contributed by atoms with Crippen LogP contribution in [-0.2, 0) is 0 Å². The van der Waals surface area contributed by atoms with Gasteiger partial charge in [0.05, 0.1) is 23.6 Å². The molecule has 0 fully saturated rings. The maximum Gasteiger partial charge on any atom is 0.262 e. The molecule has 1 N–H and O–H groups in total. The summed E-state index contributed by atoms with van der Waals surface area (Å²) in [6.45, 7) is 4.99.